The smallest absolute Gasteiger partial charge is 0.544 e. The first kappa shape index (κ1) is 26.4. The Morgan fingerprint density at radius 2 is 1.04 bits per heavy atom. The summed E-state index contributed by atoms with van der Waals surface area (Å²) in [7, 11) is 0. The molecule has 0 aliphatic rings. The number of carboxylic acid groups (broad SMARTS) is 1. The second-order valence-corrected chi connectivity index (χ2v) is 3.94. The Labute approximate surface area is 165 Å². The van der Waals surface area contributed by atoms with Crippen LogP contribution in [0.15, 0.2) is 0 Å². The Bertz CT molecular complexity index is 463. The molecule has 0 amide bonds. The normalized spacial score (nSPS) is 15.9. The predicted molar refractivity (Wildman–Crippen MR) is 40.6 cm³/mol. The summed E-state index contributed by atoms with van der Waals surface area (Å²) in [5, 5.41) is 9.63. The van der Waals surface area contributed by atoms with E-state index in [-0.39, 0.29) is 51.4 Å². The van der Waals surface area contributed by atoms with Crippen molar-refractivity contribution < 1.29 is 118 Å². The first-order valence-electron chi connectivity index (χ1n) is 4.82. The van der Waals surface area contributed by atoms with Crippen molar-refractivity contribution in [1.82, 2.24) is 0 Å². The van der Waals surface area contributed by atoms with E-state index in [1.54, 1.807) is 0 Å². The Kier molecular flexibility index (Phi) is 8.19. The summed E-state index contributed by atoms with van der Waals surface area (Å²) in [6.45, 7) is 0. The summed E-state index contributed by atoms with van der Waals surface area (Å²) in [6.07, 6.45) is -10.5. The van der Waals surface area contributed by atoms with Gasteiger partial charge in [0, 0.05) is 0 Å². The SMILES string of the molecule is O=C([O-])C(F)(F)C(F)(F)C(F)(F)C(F)(F)C(F)(F)C(F)C(F)F.[K+]. The molecule has 0 aromatic rings. The minimum absolute atomic E-state index is 0. The van der Waals surface area contributed by atoms with E-state index in [2.05, 4.69) is 0 Å². The number of alkyl halides is 13. The van der Waals surface area contributed by atoms with Crippen molar-refractivity contribution in [3.63, 3.8) is 0 Å². The number of aliphatic carboxylic acids is 1. The van der Waals surface area contributed by atoms with Gasteiger partial charge in [-0.2, -0.15) is 43.9 Å². The number of rotatable bonds is 7. The molecule has 0 rings (SSSR count). The van der Waals surface area contributed by atoms with Crippen LogP contribution in [0.5, 0.6) is 0 Å². The second kappa shape index (κ2) is 7.44. The molecule has 0 bridgehead atoms. The van der Waals surface area contributed by atoms with Gasteiger partial charge in [-0.25, -0.2) is 13.2 Å². The molecule has 0 aliphatic carbocycles. The monoisotopic (exact) mass is 416 g/mol. The summed E-state index contributed by atoms with van der Waals surface area (Å²) in [4.78, 5) is 9.63. The largest absolute Gasteiger partial charge is 1.00 e. The molecule has 0 aromatic carbocycles. The number of hydrogen-bond acceptors (Lipinski definition) is 2. The quantitative estimate of drug-likeness (QED) is 0.416. The topological polar surface area (TPSA) is 40.1 Å². The Morgan fingerprint density at radius 1 is 0.708 bits per heavy atom. The van der Waals surface area contributed by atoms with Crippen LogP contribution < -0.4 is 56.5 Å². The van der Waals surface area contributed by atoms with Crippen molar-refractivity contribution in [1.29, 1.82) is 0 Å². The molecule has 24 heavy (non-hydrogen) atoms. The van der Waals surface area contributed by atoms with E-state index < -0.39 is 48.2 Å². The standard InChI is InChI=1S/C8H3F13O2.K/c9-1(2(10)11)4(12,13)6(16,17)8(20,21)7(18,19)5(14,15)3(22)23;/h1-2H,(H,22,23);/q;+1/p-1. The zero-order valence-electron chi connectivity index (χ0n) is 10.9. The molecule has 1 unspecified atom stereocenters. The third-order valence-electron chi connectivity index (χ3n) is 2.43. The van der Waals surface area contributed by atoms with Gasteiger partial charge >= 0.3 is 81.0 Å². The molecule has 0 aliphatic heterocycles. The minimum Gasteiger partial charge on any atom is -0.544 e. The summed E-state index contributed by atoms with van der Waals surface area (Å²) >= 11 is 0. The van der Waals surface area contributed by atoms with Crippen LogP contribution in [0.4, 0.5) is 57.1 Å². The van der Waals surface area contributed by atoms with Gasteiger partial charge in [-0.3, -0.25) is 0 Å². The first-order valence-corrected chi connectivity index (χ1v) is 4.82. The fraction of sp³-hybridized carbons (Fsp3) is 0.875. The molecule has 0 saturated heterocycles. The van der Waals surface area contributed by atoms with Crippen LogP contribution in [0.25, 0.3) is 0 Å². The fourth-order valence-corrected chi connectivity index (χ4v) is 1.06. The van der Waals surface area contributed by atoms with Gasteiger partial charge in [0.05, 0.1) is 0 Å². The van der Waals surface area contributed by atoms with Gasteiger partial charge in [0.2, 0.25) is 6.17 Å². The molecular weight excluding hydrogens is 414 g/mol. The van der Waals surface area contributed by atoms with Gasteiger partial charge in [-0.15, -0.1) is 0 Å². The van der Waals surface area contributed by atoms with Gasteiger partial charge in [-0.1, -0.05) is 0 Å². The molecule has 0 aromatic heterocycles. The van der Waals surface area contributed by atoms with E-state index in [4.69, 9.17) is 0 Å². The van der Waals surface area contributed by atoms with E-state index in [1.807, 2.05) is 0 Å². The summed E-state index contributed by atoms with van der Waals surface area (Å²) < 4.78 is 162. The maximum Gasteiger partial charge on any atom is 1.00 e. The third-order valence-corrected chi connectivity index (χ3v) is 2.43. The van der Waals surface area contributed by atoms with Gasteiger partial charge in [0.1, 0.15) is 5.97 Å². The third kappa shape index (κ3) is 3.66. The Morgan fingerprint density at radius 3 is 1.29 bits per heavy atom. The summed E-state index contributed by atoms with van der Waals surface area (Å²) in [6, 6.07) is 0. The Balaban J connectivity index is 0. The van der Waals surface area contributed by atoms with Crippen LogP contribution in [0, 0.1) is 0 Å². The number of carbonyl (C=O) groups excluding carboxylic acids is 1. The fourth-order valence-electron chi connectivity index (χ4n) is 1.06. The van der Waals surface area contributed by atoms with Crippen LogP contribution >= 0.6 is 0 Å². The number of halogens is 13. The number of carbonyl (C=O) groups is 1. The number of hydrogen-bond donors (Lipinski definition) is 0. The molecule has 0 spiro atoms. The van der Waals surface area contributed by atoms with E-state index in [9.17, 15) is 67.0 Å². The van der Waals surface area contributed by atoms with Crippen molar-refractivity contribution in [2.45, 2.75) is 42.2 Å². The zero-order valence-corrected chi connectivity index (χ0v) is 14.0. The molecule has 2 nitrogen and oxygen atoms in total. The molecule has 138 valence electrons. The van der Waals surface area contributed by atoms with Crippen LogP contribution in [0.2, 0.25) is 0 Å². The Hall–Kier alpha value is 0.196. The number of carboxylic acids is 1. The van der Waals surface area contributed by atoms with Crippen molar-refractivity contribution >= 4 is 5.97 Å². The molecule has 0 N–H and O–H groups in total. The van der Waals surface area contributed by atoms with Crippen molar-refractivity contribution in [2.75, 3.05) is 0 Å². The van der Waals surface area contributed by atoms with E-state index in [0.29, 0.717) is 0 Å². The second-order valence-electron chi connectivity index (χ2n) is 3.94. The van der Waals surface area contributed by atoms with Crippen LogP contribution in [-0.4, -0.2) is 48.2 Å². The molecule has 0 heterocycles. The first-order chi connectivity index (χ1) is 9.80. The van der Waals surface area contributed by atoms with Crippen molar-refractivity contribution in [3.8, 4) is 0 Å². The molecule has 1 atom stereocenters. The van der Waals surface area contributed by atoms with Crippen LogP contribution in [0.1, 0.15) is 0 Å². The molecule has 0 fully saturated rings. The van der Waals surface area contributed by atoms with Crippen molar-refractivity contribution in [2.24, 2.45) is 0 Å². The predicted octanol–water partition coefficient (Wildman–Crippen LogP) is -0.480. The minimum atomic E-state index is -7.95. The summed E-state index contributed by atoms with van der Waals surface area (Å²) in [5.74, 6) is -42.2. The van der Waals surface area contributed by atoms with E-state index >= 15 is 0 Å². The average Bonchev–Trinajstić information content (AvgIpc) is 2.36. The molecular formula is C8H2F13KO2. The maximum atomic E-state index is 12.8. The molecule has 0 radical (unpaired) electrons. The van der Waals surface area contributed by atoms with E-state index in [0.717, 1.165) is 0 Å². The average molecular weight is 416 g/mol. The summed E-state index contributed by atoms with van der Waals surface area (Å²) in [5.41, 5.74) is 0. The van der Waals surface area contributed by atoms with Gasteiger partial charge < -0.3 is 9.90 Å². The van der Waals surface area contributed by atoms with Gasteiger partial charge in [-0.05, 0) is 0 Å². The molecule has 0 saturated carbocycles. The van der Waals surface area contributed by atoms with Crippen LogP contribution in [0.3, 0.4) is 0 Å². The van der Waals surface area contributed by atoms with E-state index in [1.165, 1.54) is 0 Å². The van der Waals surface area contributed by atoms with Crippen molar-refractivity contribution in [3.05, 3.63) is 0 Å². The zero-order chi connectivity index (χ0) is 19.2. The van der Waals surface area contributed by atoms with Crippen LogP contribution in [-0.2, 0) is 4.79 Å². The van der Waals surface area contributed by atoms with Gasteiger partial charge in [0.15, 0.2) is 0 Å². The molecule has 16 heteroatoms. The van der Waals surface area contributed by atoms with Gasteiger partial charge in [0.25, 0.3) is 6.43 Å². The maximum absolute atomic E-state index is 12.8.